The second-order valence-corrected chi connectivity index (χ2v) is 4.68. The Kier molecular flexibility index (Phi) is 2.86. The van der Waals surface area contributed by atoms with Crippen molar-refractivity contribution in [3.05, 3.63) is 47.7 Å². The Morgan fingerprint density at radius 3 is 2.52 bits per heavy atom. The molecule has 7 heteroatoms. The highest BCUT2D eigenvalue weighted by atomic mass is 19.4. The first-order valence-corrected chi connectivity index (χ1v) is 6.16. The van der Waals surface area contributed by atoms with Crippen LogP contribution in [-0.4, -0.2) is 14.6 Å². The monoisotopic (exact) mass is 292 g/mol. The van der Waals surface area contributed by atoms with Gasteiger partial charge in [0.05, 0.1) is 5.69 Å². The highest BCUT2D eigenvalue weighted by Crippen LogP contribution is 2.31. The number of nitrogen functional groups attached to an aromatic ring is 1. The van der Waals surface area contributed by atoms with Crippen molar-refractivity contribution in [2.24, 2.45) is 0 Å². The molecule has 0 atom stereocenters. The fourth-order valence-electron chi connectivity index (χ4n) is 2.18. The normalized spacial score (nSPS) is 12.0. The van der Waals surface area contributed by atoms with Crippen molar-refractivity contribution in [3.8, 4) is 11.3 Å². The van der Waals surface area contributed by atoms with Gasteiger partial charge in [-0.1, -0.05) is 24.3 Å². The Bertz CT molecular complexity index is 821. The number of aromatic nitrogens is 3. The maximum absolute atomic E-state index is 12.8. The Hall–Kier alpha value is -2.57. The molecule has 0 aliphatic rings. The zero-order chi connectivity index (χ0) is 15.2. The van der Waals surface area contributed by atoms with Crippen LogP contribution in [-0.2, 0) is 6.18 Å². The molecule has 3 aromatic rings. The zero-order valence-electron chi connectivity index (χ0n) is 11.0. The van der Waals surface area contributed by atoms with Crippen molar-refractivity contribution in [1.29, 1.82) is 0 Å². The molecular weight excluding hydrogens is 281 g/mol. The molecule has 0 radical (unpaired) electrons. The van der Waals surface area contributed by atoms with E-state index in [0.29, 0.717) is 5.69 Å². The van der Waals surface area contributed by atoms with Crippen molar-refractivity contribution in [1.82, 2.24) is 14.6 Å². The second kappa shape index (κ2) is 4.47. The lowest BCUT2D eigenvalue weighted by atomic mass is 10.1. The molecular formula is C14H11F3N4. The van der Waals surface area contributed by atoms with E-state index < -0.39 is 11.9 Å². The van der Waals surface area contributed by atoms with E-state index in [-0.39, 0.29) is 11.5 Å². The van der Waals surface area contributed by atoms with Crippen LogP contribution >= 0.6 is 0 Å². The van der Waals surface area contributed by atoms with Crippen LogP contribution in [0.5, 0.6) is 0 Å². The minimum absolute atomic E-state index is 0.0700. The third-order valence-corrected chi connectivity index (χ3v) is 3.16. The number of fused-ring (bicyclic) bond motifs is 1. The van der Waals surface area contributed by atoms with Gasteiger partial charge in [-0.15, -0.1) is 0 Å². The first kappa shape index (κ1) is 13.4. The number of nitrogens with zero attached hydrogens (tertiary/aromatic N) is 3. The van der Waals surface area contributed by atoms with Gasteiger partial charge < -0.3 is 5.73 Å². The van der Waals surface area contributed by atoms with E-state index in [2.05, 4.69) is 10.1 Å². The highest BCUT2D eigenvalue weighted by molar-refractivity contribution is 5.69. The molecule has 108 valence electrons. The smallest absolute Gasteiger partial charge is 0.384 e. The number of nitrogens with two attached hydrogens (primary N) is 1. The van der Waals surface area contributed by atoms with Gasteiger partial charge in [0.2, 0.25) is 0 Å². The number of halogens is 3. The molecule has 0 saturated carbocycles. The summed E-state index contributed by atoms with van der Waals surface area (Å²) in [4.78, 5) is 3.90. The minimum atomic E-state index is -4.52. The number of aryl methyl sites for hydroxylation is 1. The van der Waals surface area contributed by atoms with Crippen LogP contribution < -0.4 is 5.73 Å². The average Bonchev–Trinajstić information content (AvgIpc) is 2.82. The molecule has 3 rings (SSSR count). The van der Waals surface area contributed by atoms with Gasteiger partial charge in [-0.2, -0.15) is 18.3 Å². The Morgan fingerprint density at radius 2 is 1.86 bits per heavy atom. The van der Waals surface area contributed by atoms with Crippen LogP contribution in [0, 0.1) is 6.92 Å². The van der Waals surface area contributed by atoms with Gasteiger partial charge in [0.15, 0.2) is 11.3 Å². The lowest BCUT2D eigenvalue weighted by molar-refractivity contribution is -0.141. The van der Waals surface area contributed by atoms with Crippen molar-refractivity contribution >= 4 is 11.5 Å². The molecule has 0 unspecified atom stereocenters. The van der Waals surface area contributed by atoms with Gasteiger partial charge in [-0.3, -0.25) is 0 Å². The lowest BCUT2D eigenvalue weighted by Gasteiger charge is -2.08. The van der Waals surface area contributed by atoms with Crippen LogP contribution in [0.4, 0.5) is 19.0 Å². The average molecular weight is 292 g/mol. The summed E-state index contributed by atoms with van der Waals surface area (Å²) in [6.07, 6.45) is -4.52. The summed E-state index contributed by atoms with van der Waals surface area (Å²) in [5.74, 6) is 0.148. The van der Waals surface area contributed by atoms with E-state index in [9.17, 15) is 13.2 Å². The topological polar surface area (TPSA) is 56.2 Å². The number of benzene rings is 1. The van der Waals surface area contributed by atoms with Crippen LogP contribution in [0.1, 0.15) is 11.3 Å². The molecule has 0 aliphatic carbocycles. The number of hydrogen-bond acceptors (Lipinski definition) is 3. The summed E-state index contributed by atoms with van der Waals surface area (Å²) in [7, 11) is 0. The van der Waals surface area contributed by atoms with Crippen molar-refractivity contribution in [2.45, 2.75) is 13.1 Å². The Labute approximate surface area is 118 Å². The number of hydrogen-bond donors (Lipinski definition) is 1. The van der Waals surface area contributed by atoms with Gasteiger partial charge in [-0.05, 0) is 12.5 Å². The maximum atomic E-state index is 12.8. The van der Waals surface area contributed by atoms with E-state index in [4.69, 9.17) is 5.73 Å². The molecule has 0 amide bonds. The van der Waals surface area contributed by atoms with Crippen LogP contribution in [0.2, 0.25) is 0 Å². The third-order valence-electron chi connectivity index (χ3n) is 3.16. The Balaban J connectivity index is 2.32. The number of alkyl halides is 3. The summed E-state index contributed by atoms with van der Waals surface area (Å²) >= 11 is 0. The maximum Gasteiger partial charge on any atom is 0.435 e. The first-order chi connectivity index (χ1) is 9.86. The minimum Gasteiger partial charge on any atom is -0.384 e. The zero-order valence-corrected chi connectivity index (χ0v) is 11.0. The SMILES string of the molecule is Cc1ccccc1-c1cc(N)nc2cc(C(F)(F)F)nn12. The molecule has 4 nitrogen and oxygen atoms in total. The summed E-state index contributed by atoms with van der Waals surface area (Å²) in [6, 6.07) is 9.73. The third kappa shape index (κ3) is 2.31. The fraction of sp³-hybridized carbons (Fsp3) is 0.143. The quantitative estimate of drug-likeness (QED) is 0.748. The predicted molar refractivity (Wildman–Crippen MR) is 72.6 cm³/mol. The molecule has 0 saturated heterocycles. The van der Waals surface area contributed by atoms with E-state index >= 15 is 0 Å². The molecule has 2 heterocycles. The van der Waals surface area contributed by atoms with Crippen LogP contribution in [0.3, 0.4) is 0 Å². The predicted octanol–water partition coefficient (Wildman–Crippen LogP) is 3.31. The van der Waals surface area contributed by atoms with Crippen molar-refractivity contribution in [3.63, 3.8) is 0 Å². The van der Waals surface area contributed by atoms with Crippen molar-refractivity contribution in [2.75, 3.05) is 5.73 Å². The number of anilines is 1. The largest absolute Gasteiger partial charge is 0.435 e. The summed E-state index contributed by atoms with van der Waals surface area (Å²) < 4.78 is 39.6. The molecule has 0 bridgehead atoms. The molecule has 21 heavy (non-hydrogen) atoms. The van der Waals surface area contributed by atoms with E-state index in [1.165, 1.54) is 10.6 Å². The van der Waals surface area contributed by atoms with Crippen LogP contribution in [0.15, 0.2) is 36.4 Å². The highest BCUT2D eigenvalue weighted by Gasteiger charge is 2.34. The van der Waals surface area contributed by atoms with Gasteiger partial charge in [0, 0.05) is 17.7 Å². The summed E-state index contributed by atoms with van der Waals surface area (Å²) in [6.45, 7) is 1.87. The van der Waals surface area contributed by atoms with E-state index in [1.807, 2.05) is 19.1 Å². The molecule has 2 aromatic heterocycles. The first-order valence-electron chi connectivity index (χ1n) is 6.16. The van der Waals surface area contributed by atoms with Gasteiger partial charge in [0.25, 0.3) is 0 Å². The lowest BCUT2D eigenvalue weighted by Crippen LogP contribution is -2.06. The fourth-order valence-corrected chi connectivity index (χ4v) is 2.18. The molecule has 1 aromatic carbocycles. The molecule has 2 N–H and O–H groups in total. The summed E-state index contributed by atoms with van der Waals surface area (Å²) in [5, 5.41) is 3.62. The summed E-state index contributed by atoms with van der Waals surface area (Å²) in [5.41, 5.74) is 6.92. The standard InChI is InChI=1S/C14H11F3N4/c1-8-4-2-3-5-9(8)10-6-12(18)19-13-7-11(14(15,16)17)20-21(10)13/h2-7H,1H3,(H2,18,19). The second-order valence-electron chi connectivity index (χ2n) is 4.68. The van der Waals surface area contributed by atoms with E-state index in [0.717, 1.165) is 17.2 Å². The van der Waals surface area contributed by atoms with Crippen LogP contribution in [0.25, 0.3) is 16.9 Å². The van der Waals surface area contributed by atoms with Gasteiger partial charge in [-0.25, -0.2) is 9.50 Å². The molecule has 0 spiro atoms. The van der Waals surface area contributed by atoms with Gasteiger partial charge in [0.1, 0.15) is 5.82 Å². The van der Waals surface area contributed by atoms with Gasteiger partial charge >= 0.3 is 6.18 Å². The number of rotatable bonds is 1. The molecule has 0 aliphatic heterocycles. The Morgan fingerprint density at radius 1 is 1.14 bits per heavy atom. The van der Waals surface area contributed by atoms with E-state index in [1.54, 1.807) is 12.1 Å². The molecule has 0 fully saturated rings. The van der Waals surface area contributed by atoms with Crippen molar-refractivity contribution < 1.29 is 13.2 Å².